The molecule has 2 amide bonds. The number of fused-ring (bicyclic) bond motifs is 1. The second-order valence-electron chi connectivity index (χ2n) is 8.21. The van der Waals surface area contributed by atoms with Crippen LogP contribution in [0, 0.1) is 0 Å². The van der Waals surface area contributed by atoms with E-state index < -0.39 is 12.1 Å². The molecule has 7 nitrogen and oxygen atoms in total. The Hall–Kier alpha value is -2.77. The number of amides is 2. The van der Waals surface area contributed by atoms with Gasteiger partial charge in [0, 0.05) is 6.54 Å². The maximum absolute atomic E-state index is 12.8. The molecule has 4 rings (SSSR count). The summed E-state index contributed by atoms with van der Waals surface area (Å²) in [5, 5.41) is 17.2. The van der Waals surface area contributed by atoms with Crippen molar-refractivity contribution in [2.45, 2.75) is 38.0 Å². The second kappa shape index (κ2) is 10.0. The molecule has 3 atom stereocenters. The number of nitrogens with zero attached hydrogens (tertiary/aromatic N) is 1. The zero-order chi connectivity index (χ0) is 21.6. The first-order valence-corrected chi connectivity index (χ1v) is 11.0. The average Bonchev–Trinajstić information content (AvgIpc) is 3.31. The van der Waals surface area contributed by atoms with Crippen LogP contribution in [0.25, 0.3) is 0 Å². The topological polar surface area (TPSA) is 83.1 Å². The Labute approximate surface area is 183 Å². The fourth-order valence-electron chi connectivity index (χ4n) is 4.18. The van der Waals surface area contributed by atoms with Gasteiger partial charge >= 0.3 is 6.03 Å². The van der Waals surface area contributed by atoms with Crippen molar-refractivity contribution in [3.8, 4) is 11.5 Å². The number of aliphatic hydroxyl groups is 1. The van der Waals surface area contributed by atoms with Crippen LogP contribution in [0.1, 0.15) is 43.0 Å². The number of carbonyl (C=O) groups excluding carboxylic acids is 1. The van der Waals surface area contributed by atoms with Gasteiger partial charge in [-0.1, -0.05) is 36.4 Å². The number of rotatable bonds is 7. The lowest BCUT2D eigenvalue weighted by Gasteiger charge is -2.30. The van der Waals surface area contributed by atoms with Gasteiger partial charge in [0.2, 0.25) is 0 Å². The molecule has 0 aromatic heterocycles. The Balaban J connectivity index is 1.46. The van der Waals surface area contributed by atoms with E-state index in [2.05, 4.69) is 15.5 Å². The lowest BCUT2D eigenvalue weighted by molar-refractivity contribution is 0.108. The van der Waals surface area contributed by atoms with Crippen LogP contribution in [-0.4, -0.2) is 54.9 Å². The van der Waals surface area contributed by atoms with Crippen molar-refractivity contribution in [3.63, 3.8) is 0 Å². The highest BCUT2D eigenvalue weighted by Gasteiger charge is 2.28. The van der Waals surface area contributed by atoms with Gasteiger partial charge in [-0.25, -0.2) is 4.79 Å². The zero-order valence-electron chi connectivity index (χ0n) is 17.9. The molecule has 0 radical (unpaired) electrons. The van der Waals surface area contributed by atoms with Crippen molar-refractivity contribution in [1.29, 1.82) is 0 Å². The Bertz CT molecular complexity index is 870. The molecule has 0 bridgehead atoms. The summed E-state index contributed by atoms with van der Waals surface area (Å²) in [6.07, 6.45) is 1.42. The van der Waals surface area contributed by atoms with Crippen molar-refractivity contribution >= 4 is 6.03 Å². The third-order valence-electron chi connectivity index (χ3n) is 5.91. The van der Waals surface area contributed by atoms with E-state index in [1.165, 1.54) is 0 Å². The van der Waals surface area contributed by atoms with Gasteiger partial charge in [0.1, 0.15) is 19.3 Å². The van der Waals surface area contributed by atoms with E-state index in [-0.39, 0.29) is 12.1 Å². The highest BCUT2D eigenvalue weighted by molar-refractivity contribution is 5.75. The molecule has 166 valence electrons. The summed E-state index contributed by atoms with van der Waals surface area (Å²) < 4.78 is 11.2. The molecule has 2 aromatic rings. The SMILES string of the molecule is C[C@H](NC(=O)N[C@H](CN1CCCC1)[C@H](O)c1ccc2c(c1)OCCO2)c1ccccc1. The molecule has 2 aliphatic rings. The van der Waals surface area contributed by atoms with Gasteiger partial charge in [-0.3, -0.25) is 0 Å². The fraction of sp³-hybridized carbons (Fsp3) is 0.458. The number of hydrogen-bond donors (Lipinski definition) is 3. The Morgan fingerprint density at radius 2 is 1.71 bits per heavy atom. The standard InChI is InChI=1S/C24H31N3O4/c1-17(18-7-3-2-4-8-18)25-24(29)26-20(16-27-11-5-6-12-27)23(28)19-9-10-21-22(15-19)31-14-13-30-21/h2-4,7-10,15,17,20,23,28H,5-6,11-14,16H2,1H3,(H2,25,26,29)/t17-,20+,23+/m0/s1. The van der Waals surface area contributed by atoms with Gasteiger partial charge in [-0.15, -0.1) is 0 Å². The molecule has 0 aliphatic carbocycles. The van der Waals surface area contributed by atoms with Crippen molar-refractivity contribution < 1.29 is 19.4 Å². The number of benzene rings is 2. The molecule has 0 spiro atoms. The quantitative estimate of drug-likeness (QED) is 0.635. The molecule has 7 heteroatoms. The van der Waals surface area contributed by atoms with Crippen molar-refractivity contribution in [3.05, 3.63) is 59.7 Å². The number of hydrogen-bond acceptors (Lipinski definition) is 5. The number of aliphatic hydroxyl groups excluding tert-OH is 1. The van der Waals surface area contributed by atoms with Gasteiger partial charge in [0.05, 0.1) is 12.1 Å². The van der Waals surface area contributed by atoms with E-state index in [1.807, 2.05) is 55.5 Å². The smallest absolute Gasteiger partial charge is 0.315 e. The minimum Gasteiger partial charge on any atom is -0.486 e. The molecule has 0 unspecified atom stereocenters. The van der Waals surface area contributed by atoms with Crippen LogP contribution < -0.4 is 20.1 Å². The predicted octanol–water partition coefficient (Wildman–Crippen LogP) is 3.02. The average molecular weight is 426 g/mol. The Kier molecular flexibility index (Phi) is 6.94. The van der Waals surface area contributed by atoms with Gasteiger partial charge < -0.3 is 30.1 Å². The van der Waals surface area contributed by atoms with Crippen LogP contribution in [-0.2, 0) is 0 Å². The van der Waals surface area contributed by atoms with Crippen LogP contribution in [0.15, 0.2) is 48.5 Å². The monoisotopic (exact) mass is 425 g/mol. The number of carbonyl (C=O) groups is 1. The molecule has 0 saturated carbocycles. The third kappa shape index (κ3) is 5.48. The minimum absolute atomic E-state index is 0.139. The third-order valence-corrected chi connectivity index (χ3v) is 5.91. The first-order chi connectivity index (χ1) is 15.1. The summed E-state index contributed by atoms with van der Waals surface area (Å²) in [7, 11) is 0. The molecule has 1 fully saturated rings. The molecule has 3 N–H and O–H groups in total. The van der Waals surface area contributed by atoms with Gasteiger partial charge in [0.15, 0.2) is 11.5 Å². The summed E-state index contributed by atoms with van der Waals surface area (Å²) in [6, 6.07) is 14.4. The molecular weight excluding hydrogens is 394 g/mol. The first-order valence-electron chi connectivity index (χ1n) is 11.0. The molecule has 31 heavy (non-hydrogen) atoms. The summed E-state index contributed by atoms with van der Waals surface area (Å²) in [5.41, 5.74) is 1.73. The molecule has 2 aromatic carbocycles. The minimum atomic E-state index is -0.866. The van der Waals surface area contributed by atoms with E-state index in [9.17, 15) is 9.90 Å². The van der Waals surface area contributed by atoms with E-state index in [0.717, 1.165) is 31.5 Å². The fourth-order valence-corrected chi connectivity index (χ4v) is 4.18. The van der Waals surface area contributed by atoms with Gasteiger partial charge in [0.25, 0.3) is 0 Å². The molecule has 2 aliphatic heterocycles. The van der Waals surface area contributed by atoms with Crippen LogP contribution in [0.3, 0.4) is 0 Å². The molecular formula is C24H31N3O4. The highest BCUT2D eigenvalue weighted by atomic mass is 16.6. The largest absolute Gasteiger partial charge is 0.486 e. The van der Waals surface area contributed by atoms with Crippen molar-refractivity contribution in [2.24, 2.45) is 0 Å². The van der Waals surface area contributed by atoms with Crippen LogP contribution in [0.2, 0.25) is 0 Å². The Morgan fingerprint density at radius 1 is 1.00 bits per heavy atom. The lowest BCUT2D eigenvalue weighted by atomic mass is 10.0. The summed E-state index contributed by atoms with van der Waals surface area (Å²) in [6.45, 7) is 5.50. The van der Waals surface area contributed by atoms with Gasteiger partial charge in [-0.05, 0) is 56.1 Å². The lowest BCUT2D eigenvalue weighted by Crippen LogP contribution is -2.50. The number of urea groups is 1. The van der Waals surface area contributed by atoms with Crippen LogP contribution >= 0.6 is 0 Å². The summed E-state index contributed by atoms with van der Waals surface area (Å²) in [4.78, 5) is 15.1. The van der Waals surface area contributed by atoms with E-state index in [1.54, 1.807) is 0 Å². The Morgan fingerprint density at radius 3 is 2.45 bits per heavy atom. The maximum atomic E-state index is 12.8. The predicted molar refractivity (Wildman–Crippen MR) is 118 cm³/mol. The number of likely N-dealkylation sites (tertiary alicyclic amines) is 1. The maximum Gasteiger partial charge on any atom is 0.315 e. The summed E-state index contributed by atoms with van der Waals surface area (Å²) >= 11 is 0. The molecule has 2 heterocycles. The molecule has 1 saturated heterocycles. The first kappa shape index (κ1) is 21.5. The summed E-state index contributed by atoms with van der Waals surface area (Å²) in [5.74, 6) is 1.31. The number of ether oxygens (including phenoxy) is 2. The van der Waals surface area contributed by atoms with Crippen molar-refractivity contribution in [2.75, 3.05) is 32.8 Å². The van der Waals surface area contributed by atoms with Crippen LogP contribution in [0.5, 0.6) is 11.5 Å². The highest BCUT2D eigenvalue weighted by Crippen LogP contribution is 2.33. The second-order valence-corrected chi connectivity index (χ2v) is 8.21. The van der Waals surface area contributed by atoms with Gasteiger partial charge in [-0.2, -0.15) is 0 Å². The normalized spacial score (nSPS) is 18.8. The zero-order valence-corrected chi connectivity index (χ0v) is 17.9. The van der Waals surface area contributed by atoms with E-state index >= 15 is 0 Å². The van der Waals surface area contributed by atoms with E-state index in [4.69, 9.17) is 9.47 Å². The number of nitrogens with one attached hydrogen (secondary N) is 2. The van der Waals surface area contributed by atoms with Crippen LogP contribution in [0.4, 0.5) is 4.79 Å². The van der Waals surface area contributed by atoms with Crippen molar-refractivity contribution in [1.82, 2.24) is 15.5 Å². The van der Waals surface area contributed by atoms with E-state index in [0.29, 0.717) is 36.8 Å².